The third-order valence-corrected chi connectivity index (χ3v) is 6.03. The first-order valence-electron chi connectivity index (χ1n) is 7.54. The number of hydrogen-bond donors (Lipinski definition) is 1. The summed E-state index contributed by atoms with van der Waals surface area (Å²) in [4.78, 5) is 14.5. The highest BCUT2D eigenvalue weighted by atomic mass is 35.5. The van der Waals surface area contributed by atoms with E-state index in [9.17, 15) is 13.2 Å². The van der Waals surface area contributed by atoms with Gasteiger partial charge in [0.2, 0.25) is 10.0 Å². The van der Waals surface area contributed by atoms with E-state index in [-0.39, 0.29) is 15.5 Å². The van der Waals surface area contributed by atoms with Crippen LogP contribution in [0.2, 0.25) is 10.0 Å². The molecule has 0 radical (unpaired) electrons. The molecule has 2 aromatic rings. The van der Waals surface area contributed by atoms with E-state index >= 15 is 0 Å². The van der Waals surface area contributed by atoms with Crippen molar-refractivity contribution in [2.24, 2.45) is 0 Å². The summed E-state index contributed by atoms with van der Waals surface area (Å²) in [6.45, 7) is 0. The third-order valence-electron chi connectivity index (χ3n) is 3.65. The average molecular weight is 416 g/mol. The summed E-state index contributed by atoms with van der Waals surface area (Å²) in [7, 11) is 2.80. The molecule has 0 saturated heterocycles. The zero-order valence-electron chi connectivity index (χ0n) is 14.7. The smallest absolute Gasteiger partial charge is 0.257 e. The maximum absolute atomic E-state index is 12.7. The van der Waals surface area contributed by atoms with Crippen LogP contribution in [0.15, 0.2) is 41.3 Å². The maximum Gasteiger partial charge on any atom is 0.257 e. The fourth-order valence-corrected chi connectivity index (χ4v) is 3.54. The molecule has 6 nitrogen and oxygen atoms in total. The van der Waals surface area contributed by atoms with Crippen LogP contribution in [0.5, 0.6) is 0 Å². The standard InChI is InChI=1S/C17H19Cl2N3O3S/c1-21(2)16-8-5-11(18)9-15(16)20-17(23)13-10-12(6-7-14(13)19)26(24,25)22(3)4/h5-10H,1-4H3,(H,20,23). The lowest BCUT2D eigenvalue weighted by molar-refractivity contribution is 0.102. The van der Waals surface area contributed by atoms with E-state index in [2.05, 4.69) is 5.32 Å². The monoisotopic (exact) mass is 415 g/mol. The van der Waals surface area contributed by atoms with Crippen molar-refractivity contribution >= 4 is 50.5 Å². The summed E-state index contributed by atoms with van der Waals surface area (Å²) in [6.07, 6.45) is 0. The second-order valence-electron chi connectivity index (χ2n) is 5.94. The van der Waals surface area contributed by atoms with E-state index in [0.29, 0.717) is 10.7 Å². The molecule has 0 spiro atoms. The molecule has 0 fully saturated rings. The second kappa shape index (κ2) is 7.84. The molecule has 0 bridgehead atoms. The first-order valence-corrected chi connectivity index (χ1v) is 9.74. The Labute approximate surface area is 163 Å². The largest absolute Gasteiger partial charge is 0.376 e. The number of nitrogens with one attached hydrogen (secondary N) is 1. The van der Waals surface area contributed by atoms with Crippen molar-refractivity contribution in [3.8, 4) is 0 Å². The lowest BCUT2D eigenvalue weighted by Crippen LogP contribution is -2.23. The number of anilines is 2. The van der Waals surface area contributed by atoms with Gasteiger partial charge in [0.25, 0.3) is 5.91 Å². The molecular formula is C17H19Cl2N3O3S. The number of amides is 1. The average Bonchev–Trinajstić information content (AvgIpc) is 2.54. The van der Waals surface area contributed by atoms with Crippen molar-refractivity contribution < 1.29 is 13.2 Å². The van der Waals surface area contributed by atoms with Gasteiger partial charge in [0.15, 0.2) is 0 Å². The highest BCUT2D eigenvalue weighted by molar-refractivity contribution is 7.89. The van der Waals surface area contributed by atoms with Crippen LogP contribution in [-0.4, -0.2) is 46.8 Å². The number of carbonyl (C=O) groups excluding carboxylic acids is 1. The minimum Gasteiger partial charge on any atom is -0.376 e. The van der Waals surface area contributed by atoms with Crippen molar-refractivity contribution in [3.63, 3.8) is 0 Å². The predicted octanol–water partition coefficient (Wildman–Crippen LogP) is 3.56. The summed E-state index contributed by atoms with van der Waals surface area (Å²) in [5.41, 5.74) is 1.29. The fourth-order valence-electron chi connectivity index (χ4n) is 2.24. The normalized spacial score (nSPS) is 11.5. The Morgan fingerprint density at radius 1 is 1.00 bits per heavy atom. The highest BCUT2D eigenvalue weighted by Gasteiger charge is 2.21. The molecule has 0 aliphatic carbocycles. The molecule has 9 heteroatoms. The van der Waals surface area contributed by atoms with Crippen LogP contribution in [-0.2, 0) is 10.0 Å². The molecule has 0 heterocycles. The molecule has 0 aliphatic rings. The highest BCUT2D eigenvalue weighted by Crippen LogP contribution is 2.29. The van der Waals surface area contributed by atoms with Gasteiger partial charge in [0.05, 0.1) is 26.9 Å². The zero-order chi connectivity index (χ0) is 19.6. The zero-order valence-corrected chi connectivity index (χ0v) is 17.1. The minimum absolute atomic E-state index is 0.0176. The SMILES string of the molecule is CN(C)c1ccc(Cl)cc1NC(=O)c1cc(S(=O)(=O)N(C)C)ccc1Cl. The topological polar surface area (TPSA) is 69.7 Å². The first-order chi connectivity index (χ1) is 12.0. The Hall–Kier alpha value is -1.80. The first kappa shape index (κ1) is 20.5. The Bertz CT molecular complexity index is 944. The van der Waals surface area contributed by atoms with Crippen molar-refractivity contribution in [2.45, 2.75) is 4.90 Å². The Balaban J connectivity index is 2.44. The number of benzene rings is 2. The van der Waals surface area contributed by atoms with Gasteiger partial charge in [-0.05, 0) is 36.4 Å². The number of sulfonamides is 1. The van der Waals surface area contributed by atoms with Gasteiger partial charge < -0.3 is 10.2 Å². The van der Waals surface area contributed by atoms with Crippen LogP contribution >= 0.6 is 23.2 Å². The van der Waals surface area contributed by atoms with Crippen LogP contribution in [0.25, 0.3) is 0 Å². The van der Waals surface area contributed by atoms with Crippen molar-refractivity contribution in [1.82, 2.24) is 4.31 Å². The Morgan fingerprint density at radius 3 is 2.23 bits per heavy atom. The van der Waals surface area contributed by atoms with Crippen molar-refractivity contribution in [3.05, 3.63) is 52.0 Å². The number of rotatable bonds is 5. The lowest BCUT2D eigenvalue weighted by atomic mass is 10.2. The van der Waals surface area contributed by atoms with E-state index in [1.165, 1.54) is 32.3 Å². The van der Waals surface area contributed by atoms with E-state index < -0.39 is 15.9 Å². The number of hydrogen-bond acceptors (Lipinski definition) is 4. The quantitative estimate of drug-likeness (QED) is 0.809. The third kappa shape index (κ3) is 4.29. The molecule has 0 aliphatic heterocycles. The van der Waals surface area contributed by atoms with Crippen LogP contribution in [0, 0.1) is 0 Å². The minimum atomic E-state index is -3.69. The summed E-state index contributed by atoms with van der Waals surface area (Å²) in [5, 5.41) is 3.35. The molecule has 0 saturated carbocycles. The van der Waals surface area contributed by atoms with Crippen LogP contribution in [0.1, 0.15) is 10.4 Å². The second-order valence-corrected chi connectivity index (χ2v) is 8.93. The predicted molar refractivity (Wildman–Crippen MR) is 106 cm³/mol. The van der Waals surface area contributed by atoms with Gasteiger partial charge in [0, 0.05) is 33.2 Å². The van der Waals surface area contributed by atoms with Gasteiger partial charge in [-0.15, -0.1) is 0 Å². The van der Waals surface area contributed by atoms with Gasteiger partial charge >= 0.3 is 0 Å². The van der Waals surface area contributed by atoms with Gasteiger partial charge in [-0.3, -0.25) is 4.79 Å². The summed E-state index contributed by atoms with van der Waals surface area (Å²) < 4.78 is 25.7. The number of carbonyl (C=O) groups is 1. The molecule has 140 valence electrons. The van der Waals surface area contributed by atoms with Crippen LogP contribution in [0.3, 0.4) is 0 Å². The summed E-state index contributed by atoms with van der Waals surface area (Å²) in [5.74, 6) is -0.531. The lowest BCUT2D eigenvalue weighted by Gasteiger charge is -2.19. The maximum atomic E-state index is 12.7. The molecule has 2 aromatic carbocycles. The number of nitrogens with zero attached hydrogens (tertiary/aromatic N) is 2. The van der Waals surface area contributed by atoms with Crippen molar-refractivity contribution in [2.75, 3.05) is 38.4 Å². The molecule has 2 rings (SSSR count). The van der Waals surface area contributed by atoms with Crippen LogP contribution < -0.4 is 10.2 Å². The molecular weight excluding hydrogens is 397 g/mol. The van der Waals surface area contributed by atoms with E-state index in [4.69, 9.17) is 23.2 Å². The molecule has 26 heavy (non-hydrogen) atoms. The Morgan fingerprint density at radius 2 is 1.65 bits per heavy atom. The number of halogens is 2. The summed E-state index contributed by atoms with van der Waals surface area (Å²) in [6, 6.07) is 9.10. The van der Waals surface area contributed by atoms with Gasteiger partial charge in [-0.25, -0.2) is 12.7 Å². The van der Waals surface area contributed by atoms with Gasteiger partial charge in [-0.2, -0.15) is 0 Å². The Kier molecular flexibility index (Phi) is 6.18. The van der Waals surface area contributed by atoms with Crippen LogP contribution in [0.4, 0.5) is 11.4 Å². The van der Waals surface area contributed by atoms with Gasteiger partial charge in [-0.1, -0.05) is 23.2 Å². The van der Waals surface area contributed by atoms with E-state index in [1.807, 2.05) is 19.0 Å². The molecule has 1 amide bonds. The molecule has 0 aromatic heterocycles. The van der Waals surface area contributed by atoms with Crippen molar-refractivity contribution in [1.29, 1.82) is 0 Å². The molecule has 0 atom stereocenters. The summed E-state index contributed by atoms with van der Waals surface area (Å²) >= 11 is 12.1. The van der Waals surface area contributed by atoms with E-state index in [1.54, 1.807) is 18.2 Å². The fraction of sp³-hybridized carbons (Fsp3) is 0.235. The molecule has 1 N–H and O–H groups in total. The molecule has 0 unspecified atom stereocenters. The van der Waals surface area contributed by atoms with Gasteiger partial charge in [0.1, 0.15) is 0 Å². The van der Waals surface area contributed by atoms with E-state index in [0.717, 1.165) is 9.99 Å².